The first-order chi connectivity index (χ1) is 9.29. The van der Waals surface area contributed by atoms with Crippen molar-refractivity contribution in [3.05, 3.63) is 35.9 Å². The van der Waals surface area contributed by atoms with Crippen LogP contribution in [0, 0.1) is 0 Å². The van der Waals surface area contributed by atoms with Crippen LogP contribution in [0.5, 0.6) is 0 Å². The van der Waals surface area contributed by atoms with Crippen molar-refractivity contribution in [2.75, 3.05) is 13.7 Å². The maximum Gasteiger partial charge on any atom is 0.187 e. The predicted molar refractivity (Wildman–Crippen MR) is 66.4 cm³/mol. The van der Waals surface area contributed by atoms with E-state index in [-0.39, 0.29) is 6.10 Å². The van der Waals surface area contributed by atoms with Gasteiger partial charge in [0, 0.05) is 7.11 Å². The summed E-state index contributed by atoms with van der Waals surface area (Å²) in [4.78, 5) is 0. The summed E-state index contributed by atoms with van der Waals surface area (Å²) in [6.07, 6.45) is -2.37. The van der Waals surface area contributed by atoms with E-state index < -0.39 is 24.6 Å². The van der Waals surface area contributed by atoms with Gasteiger partial charge < -0.3 is 24.1 Å². The molecule has 1 aromatic carbocycles. The molecule has 3 rings (SSSR count). The molecule has 0 aromatic heterocycles. The Hall–Kier alpha value is -0.980. The number of aliphatic hydroxyl groups excluding tert-OH is 1. The third kappa shape index (κ3) is 2.52. The van der Waals surface area contributed by atoms with Crippen molar-refractivity contribution in [2.45, 2.75) is 37.3 Å². The monoisotopic (exact) mass is 266 g/mol. The molecule has 5 atom stereocenters. The molecular weight excluding hydrogens is 248 g/mol. The molecule has 0 unspecified atom stereocenters. The molecule has 1 aromatic rings. The summed E-state index contributed by atoms with van der Waals surface area (Å²) in [6.45, 7) is 0.866. The van der Waals surface area contributed by atoms with Gasteiger partial charge in [-0.15, -0.1) is 0 Å². The first-order valence-electron chi connectivity index (χ1n) is 6.43. The molecular formula is C14H18O5. The summed E-state index contributed by atoms with van der Waals surface area (Å²) in [5.74, 6) is 0. The zero-order valence-corrected chi connectivity index (χ0v) is 10.8. The van der Waals surface area contributed by atoms with Crippen molar-refractivity contribution in [3.63, 3.8) is 0 Å². The Morgan fingerprint density at radius 3 is 2.79 bits per heavy atom. The van der Waals surface area contributed by atoms with Crippen LogP contribution in [0.3, 0.4) is 0 Å². The highest BCUT2D eigenvalue weighted by atomic mass is 16.8. The maximum absolute atomic E-state index is 10.3. The number of methoxy groups -OCH3 is 1. The van der Waals surface area contributed by atoms with Gasteiger partial charge in [-0.1, -0.05) is 30.3 Å². The van der Waals surface area contributed by atoms with E-state index in [9.17, 15) is 5.11 Å². The van der Waals surface area contributed by atoms with Crippen molar-refractivity contribution in [3.8, 4) is 0 Å². The van der Waals surface area contributed by atoms with Crippen molar-refractivity contribution >= 4 is 0 Å². The molecule has 0 amide bonds. The molecule has 1 N–H and O–H groups in total. The van der Waals surface area contributed by atoms with Crippen molar-refractivity contribution in [2.24, 2.45) is 0 Å². The lowest BCUT2D eigenvalue weighted by molar-refractivity contribution is -0.247. The highest BCUT2D eigenvalue weighted by Gasteiger charge is 2.51. The van der Waals surface area contributed by atoms with Crippen LogP contribution < -0.4 is 0 Å². The molecule has 2 fully saturated rings. The Bertz CT molecular complexity index is 410. The summed E-state index contributed by atoms with van der Waals surface area (Å²) < 4.78 is 22.1. The van der Waals surface area contributed by atoms with Gasteiger partial charge in [-0.3, -0.25) is 0 Å². The first kappa shape index (κ1) is 13.0. The summed E-state index contributed by atoms with van der Waals surface area (Å²) in [7, 11) is 1.54. The molecule has 104 valence electrons. The third-order valence-corrected chi connectivity index (χ3v) is 3.60. The van der Waals surface area contributed by atoms with Gasteiger partial charge in [0.25, 0.3) is 0 Å². The van der Waals surface area contributed by atoms with Crippen molar-refractivity contribution in [1.29, 1.82) is 0 Å². The van der Waals surface area contributed by atoms with Crippen LogP contribution in [0.1, 0.15) is 5.56 Å². The molecule has 2 heterocycles. The van der Waals surface area contributed by atoms with Gasteiger partial charge in [0.05, 0.1) is 13.2 Å². The molecule has 0 spiro atoms. The van der Waals surface area contributed by atoms with Crippen LogP contribution >= 0.6 is 0 Å². The molecule has 5 heteroatoms. The Morgan fingerprint density at radius 1 is 1.26 bits per heavy atom. The smallest absolute Gasteiger partial charge is 0.187 e. The van der Waals surface area contributed by atoms with Gasteiger partial charge >= 0.3 is 0 Å². The molecule has 0 aliphatic carbocycles. The molecule has 2 saturated heterocycles. The Morgan fingerprint density at radius 2 is 2.05 bits per heavy atom. The number of fused-ring (bicyclic) bond motifs is 2. The van der Waals surface area contributed by atoms with Gasteiger partial charge in [0.15, 0.2) is 6.29 Å². The van der Waals surface area contributed by atoms with Gasteiger partial charge in [0.1, 0.15) is 24.4 Å². The highest BCUT2D eigenvalue weighted by molar-refractivity contribution is 5.13. The zero-order chi connectivity index (χ0) is 13.2. The summed E-state index contributed by atoms with van der Waals surface area (Å²) in [6, 6.07) is 9.84. The summed E-state index contributed by atoms with van der Waals surface area (Å²) >= 11 is 0. The lowest BCUT2D eigenvalue weighted by atomic mass is 10.0. The van der Waals surface area contributed by atoms with Crippen LogP contribution in [0.25, 0.3) is 0 Å². The lowest BCUT2D eigenvalue weighted by Crippen LogP contribution is -2.55. The maximum atomic E-state index is 10.3. The van der Waals surface area contributed by atoms with E-state index in [1.54, 1.807) is 0 Å². The van der Waals surface area contributed by atoms with E-state index in [1.165, 1.54) is 7.11 Å². The van der Waals surface area contributed by atoms with Gasteiger partial charge in [-0.2, -0.15) is 0 Å². The number of aliphatic hydroxyl groups is 1. The van der Waals surface area contributed by atoms with E-state index in [4.69, 9.17) is 18.9 Å². The van der Waals surface area contributed by atoms with Crippen LogP contribution in [-0.4, -0.2) is 49.5 Å². The molecule has 5 nitrogen and oxygen atoms in total. The number of rotatable bonds is 4. The van der Waals surface area contributed by atoms with E-state index in [0.717, 1.165) is 5.56 Å². The summed E-state index contributed by atoms with van der Waals surface area (Å²) in [5, 5.41) is 10.3. The molecule has 0 saturated carbocycles. The van der Waals surface area contributed by atoms with Gasteiger partial charge in [-0.05, 0) is 5.56 Å². The lowest BCUT2D eigenvalue weighted by Gasteiger charge is -2.37. The molecule has 2 aliphatic heterocycles. The Labute approximate surface area is 112 Å². The number of hydrogen-bond acceptors (Lipinski definition) is 5. The molecule has 19 heavy (non-hydrogen) atoms. The second kappa shape index (κ2) is 5.56. The average molecular weight is 266 g/mol. The minimum absolute atomic E-state index is 0.227. The van der Waals surface area contributed by atoms with E-state index >= 15 is 0 Å². The van der Waals surface area contributed by atoms with E-state index in [0.29, 0.717) is 13.2 Å². The third-order valence-electron chi connectivity index (χ3n) is 3.60. The second-order valence-electron chi connectivity index (χ2n) is 4.83. The SMILES string of the molecule is CO[C@H]1[C@@H]2OC[C@@H](O2)[C@@H](OCc2ccccc2)[C@H]1O. The molecule has 2 aliphatic rings. The Balaban J connectivity index is 1.66. The topological polar surface area (TPSA) is 57.2 Å². The fourth-order valence-electron chi connectivity index (χ4n) is 2.58. The minimum atomic E-state index is -0.736. The number of hydrogen-bond donors (Lipinski definition) is 1. The second-order valence-corrected chi connectivity index (χ2v) is 4.83. The minimum Gasteiger partial charge on any atom is -0.387 e. The predicted octanol–water partition coefficient (Wildman–Crippen LogP) is 0.703. The average Bonchev–Trinajstić information content (AvgIpc) is 2.86. The van der Waals surface area contributed by atoms with E-state index in [2.05, 4.69) is 0 Å². The van der Waals surface area contributed by atoms with Crippen molar-refractivity contribution in [1.82, 2.24) is 0 Å². The van der Waals surface area contributed by atoms with Gasteiger partial charge in [0.2, 0.25) is 0 Å². The number of benzene rings is 1. The standard InChI is InChI=1S/C14H18O5/c1-16-13-11(15)12(10-8-18-14(13)19-10)17-7-9-5-3-2-4-6-9/h2-6,10-15H,7-8H2,1H3/t10-,11-,12-,13-,14-/m1/s1. The fourth-order valence-corrected chi connectivity index (χ4v) is 2.58. The quantitative estimate of drug-likeness (QED) is 0.869. The molecule has 0 radical (unpaired) electrons. The summed E-state index contributed by atoms with van der Waals surface area (Å²) in [5.41, 5.74) is 1.06. The zero-order valence-electron chi connectivity index (χ0n) is 10.8. The van der Waals surface area contributed by atoms with Gasteiger partial charge in [-0.25, -0.2) is 0 Å². The molecule has 2 bridgehead atoms. The van der Waals surface area contributed by atoms with Crippen LogP contribution in [0.15, 0.2) is 30.3 Å². The van der Waals surface area contributed by atoms with Crippen molar-refractivity contribution < 1.29 is 24.1 Å². The largest absolute Gasteiger partial charge is 0.387 e. The van der Waals surface area contributed by atoms with Crippen LogP contribution in [-0.2, 0) is 25.6 Å². The Kier molecular flexibility index (Phi) is 3.81. The number of ether oxygens (including phenoxy) is 4. The first-order valence-corrected chi connectivity index (χ1v) is 6.43. The van der Waals surface area contributed by atoms with E-state index in [1.807, 2.05) is 30.3 Å². The van der Waals surface area contributed by atoms with Crippen LogP contribution in [0.2, 0.25) is 0 Å². The highest BCUT2D eigenvalue weighted by Crippen LogP contribution is 2.31. The van der Waals surface area contributed by atoms with Crippen LogP contribution in [0.4, 0.5) is 0 Å². The normalized spacial score (nSPS) is 37.5. The fraction of sp³-hybridized carbons (Fsp3) is 0.571.